The van der Waals surface area contributed by atoms with Crippen LogP contribution in [0.3, 0.4) is 0 Å². The molecule has 1 saturated carbocycles. The Hall–Kier alpha value is -1.09. The van der Waals surface area contributed by atoms with E-state index in [9.17, 15) is 0 Å². The number of hydrogen-bond acceptors (Lipinski definition) is 3. The van der Waals surface area contributed by atoms with Crippen molar-refractivity contribution in [3.05, 3.63) is 24.0 Å². The molecule has 1 fully saturated rings. The lowest BCUT2D eigenvalue weighted by Gasteiger charge is -2.30. The zero-order chi connectivity index (χ0) is 12.1. The van der Waals surface area contributed by atoms with Crippen molar-refractivity contribution in [2.24, 2.45) is 5.92 Å². The molecule has 0 bridgehead atoms. The van der Waals surface area contributed by atoms with Crippen LogP contribution in [-0.2, 0) is 0 Å². The molecule has 1 N–H and O–H groups in total. The molecule has 1 aliphatic rings. The summed E-state index contributed by atoms with van der Waals surface area (Å²) in [5.41, 5.74) is 1.25. The van der Waals surface area contributed by atoms with Crippen LogP contribution in [0.4, 0.5) is 0 Å². The van der Waals surface area contributed by atoms with E-state index in [1.165, 1.54) is 37.7 Å². The first-order valence-electron chi connectivity index (χ1n) is 6.51. The Bertz CT molecular complexity index is 348. The molecule has 0 amide bonds. The number of ether oxygens (including phenoxy) is 1. The van der Waals surface area contributed by atoms with Crippen LogP contribution < -0.4 is 10.1 Å². The molecule has 17 heavy (non-hydrogen) atoms. The highest BCUT2D eigenvalue weighted by atomic mass is 16.5. The van der Waals surface area contributed by atoms with Crippen molar-refractivity contribution in [2.45, 2.75) is 38.1 Å². The van der Waals surface area contributed by atoms with E-state index < -0.39 is 0 Å². The smallest absolute Gasteiger partial charge is 0.137 e. The zero-order valence-corrected chi connectivity index (χ0v) is 10.8. The maximum atomic E-state index is 5.25. The van der Waals surface area contributed by atoms with Gasteiger partial charge in [0.2, 0.25) is 0 Å². The van der Waals surface area contributed by atoms with Gasteiger partial charge in [0.1, 0.15) is 5.75 Å². The van der Waals surface area contributed by atoms with Gasteiger partial charge in [-0.25, -0.2) is 0 Å². The minimum Gasteiger partial charge on any atom is -0.495 e. The number of hydrogen-bond donors (Lipinski definition) is 1. The summed E-state index contributed by atoms with van der Waals surface area (Å²) in [6, 6.07) is 2.51. The van der Waals surface area contributed by atoms with Gasteiger partial charge >= 0.3 is 0 Å². The summed E-state index contributed by atoms with van der Waals surface area (Å²) < 4.78 is 5.25. The van der Waals surface area contributed by atoms with Crippen molar-refractivity contribution < 1.29 is 4.74 Å². The van der Waals surface area contributed by atoms with Gasteiger partial charge < -0.3 is 10.1 Å². The predicted molar refractivity (Wildman–Crippen MR) is 69.2 cm³/mol. The Labute approximate surface area is 104 Å². The Balaban J connectivity index is 2.15. The molecule has 0 saturated heterocycles. The molecule has 1 aliphatic carbocycles. The van der Waals surface area contributed by atoms with Gasteiger partial charge in [0.25, 0.3) is 0 Å². The number of nitrogens with zero attached hydrogens (tertiary/aromatic N) is 1. The summed E-state index contributed by atoms with van der Waals surface area (Å²) in [6.45, 7) is 0. The number of rotatable bonds is 4. The van der Waals surface area contributed by atoms with E-state index >= 15 is 0 Å². The molecule has 1 heterocycles. The Morgan fingerprint density at radius 2 is 2.06 bits per heavy atom. The number of aromatic nitrogens is 1. The van der Waals surface area contributed by atoms with E-state index in [0.717, 1.165) is 11.7 Å². The average Bonchev–Trinajstić information content (AvgIpc) is 2.41. The van der Waals surface area contributed by atoms with E-state index in [4.69, 9.17) is 4.74 Å². The minimum atomic E-state index is 0.415. The van der Waals surface area contributed by atoms with Crippen molar-refractivity contribution in [1.82, 2.24) is 10.3 Å². The summed E-state index contributed by atoms with van der Waals surface area (Å²) >= 11 is 0. The van der Waals surface area contributed by atoms with Crippen molar-refractivity contribution in [1.29, 1.82) is 0 Å². The van der Waals surface area contributed by atoms with Crippen LogP contribution in [0.1, 0.15) is 43.7 Å². The highest BCUT2D eigenvalue weighted by Gasteiger charge is 2.24. The average molecular weight is 234 g/mol. The largest absolute Gasteiger partial charge is 0.495 e. The number of pyridine rings is 1. The number of nitrogens with one attached hydrogen (secondary N) is 1. The summed E-state index contributed by atoms with van der Waals surface area (Å²) in [5, 5.41) is 3.44. The molecule has 0 radical (unpaired) electrons. The van der Waals surface area contributed by atoms with E-state index in [2.05, 4.69) is 16.4 Å². The lowest BCUT2D eigenvalue weighted by Crippen LogP contribution is -2.27. The molecule has 0 aliphatic heterocycles. The molecular formula is C14H22N2O. The molecule has 1 aromatic rings. The molecule has 0 aromatic carbocycles. The van der Waals surface area contributed by atoms with Gasteiger partial charge in [-0.3, -0.25) is 4.98 Å². The normalized spacial score (nSPS) is 18.9. The highest BCUT2D eigenvalue weighted by molar-refractivity contribution is 5.26. The third-order valence-electron chi connectivity index (χ3n) is 3.76. The molecule has 1 unspecified atom stereocenters. The van der Waals surface area contributed by atoms with Crippen molar-refractivity contribution >= 4 is 0 Å². The van der Waals surface area contributed by atoms with Crippen molar-refractivity contribution in [3.63, 3.8) is 0 Å². The van der Waals surface area contributed by atoms with Crippen LogP contribution in [0.5, 0.6) is 5.75 Å². The standard InChI is InChI=1S/C14H22N2O/c1-15-14(11-6-4-3-5-7-11)12-8-13(17-2)10-16-9-12/h8-11,14-15H,3-7H2,1-2H3. The number of methoxy groups -OCH3 is 1. The summed E-state index contributed by atoms with van der Waals surface area (Å²) in [6.07, 6.45) is 10.5. The quantitative estimate of drug-likeness (QED) is 0.869. The monoisotopic (exact) mass is 234 g/mol. The van der Waals surface area contributed by atoms with Gasteiger partial charge in [-0.15, -0.1) is 0 Å². The van der Waals surface area contributed by atoms with Crippen LogP contribution in [0, 0.1) is 5.92 Å². The summed E-state index contributed by atoms with van der Waals surface area (Å²) in [4.78, 5) is 4.25. The second-order valence-corrected chi connectivity index (χ2v) is 4.82. The van der Waals surface area contributed by atoms with Gasteiger partial charge in [0.05, 0.1) is 13.3 Å². The summed E-state index contributed by atoms with van der Waals surface area (Å²) in [7, 11) is 3.73. The fourth-order valence-corrected chi connectivity index (χ4v) is 2.86. The minimum absolute atomic E-state index is 0.415. The molecule has 1 atom stereocenters. The van der Waals surface area contributed by atoms with E-state index in [1.807, 2.05) is 13.2 Å². The first-order chi connectivity index (χ1) is 8.35. The first-order valence-corrected chi connectivity index (χ1v) is 6.51. The molecule has 1 aromatic heterocycles. The Morgan fingerprint density at radius 3 is 2.71 bits per heavy atom. The van der Waals surface area contributed by atoms with Gasteiger partial charge in [-0.05, 0) is 37.4 Å². The van der Waals surface area contributed by atoms with Gasteiger partial charge in [0.15, 0.2) is 0 Å². The lowest BCUT2D eigenvalue weighted by molar-refractivity contribution is 0.280. The van der Waals surface area contributed by atoms with Crippen LogP contribution in [0.25, 0.3) is 0 Å². The SMILES string of the molecule is CNC(c1cncc(OC)c1)C1CCCCC1. The second-order valence-electron chi connectivity index (χ2n) is 4.82. The van der Waals surface area contributed by atoms with E-state index in [-0.39, 0.29) is 0 Å². The maximum Gasteiger partial charge on any atom is 0.137 e. The molecule has 94 valence electrons. The molecule has 2 rings (SSSR count). The van der Waals surface area contributed by atoms with Gasteiger partial charge in [-0.2, -0.15) is 0 Å². The van der Waals surface area contributed by atoms with E-state index in [0.29, 0.717) is 6.04 Å². The second kappa shape index (κ2) is 6.01. The highest BCUT2D eigenvalue weighted by Crippen LogP contribution is 2.34. The third-order valence-corrected chi connectivity index (χ3v) is 3.76. The third kappa shape index (κ3) is 2.97. The van der Waals surface area contributed by atoms with Crippen LogP contribution in [0.2, 0.25) is 0 Å². The molecule has 0 spiro atoms. The van der Waals surface area contributed by atoms with Crippen LogP contribution in [0.15, 0.2) is 18.5 Å². The molecule has 3 nitrogen and oxygen atoms in total. The molecule has 3 heteroatoms. The first kappa shape index (κ1) is 12.4. The van der Waals surface area contributed by atoms with E-state index in [1.54, 1.807) is 13.3 Å². The zero-order valence-electron chi connectivity index (χ0n) is 10.8. The van der Waals surface area contributed by atoms with Crippen molar-refractivity contribution in [2.75, 3.05) is 14.2 Å². The topological polar surface area (TPSA) is 34.2 Å². The predicted octanol–water partition coefficient (Wildman–Crippen LogP) is 2.93. The Kier molecular flexibility index (Phi) is 4.37. The van der Waals surface area contributed by atoms with Crippen molar-refractivity contribution in [3.8, 4) is 5.75 Å². The molecular weight excluding hydrogens is 212 g/mol. The maximum absolute atomic E-state index is 5.25. The fraction of sp³-hybridized carbons (Fsp3) is 0.643. The van der Waals surface area contributed by atoms with Crippen LogP contribution >= 0.6 is 0 Å². The van der Waals surface area contributed by atoms with Gasteiger partial charge in [0, 0.05) is 12.2 Å². The lowest BCUT2D eigenvalue weighted by atomic mass is 9.81. The fourth-order valence-electron chi connectivity index (χ4n) is 2.86. The van der Waals surface area contributed by atoms with Crippen LogP contribution in [-0.4, -0.2) is 19.1 Å². The summed E-state index contributed by atoms with van der Waals surface area (Å²) in [5.74, 6) is 1.58. The van der Waals surface area contributed by atoms with Gasteiger partial charge in [-0.1, -0.05) is 19.3 Å². The Morgan fingerprint density at radius 1 is 1.29 bits per heavy atom.